The molecule has 1 aliphatic carbocycles. The second-order valence-corrected chi connectivity index (χ2v) is 14.5. The number of carboxylic acids is 1. The molecule has 2 aliphatic heterocycles. The smallest absolute Gasteiger partial charge is 0.408 e. The highest BCUT2D eigenvalue weighted by Crippen LogP contribution is 2.45. The number of hydrogen-bond donors (Lipinski definition) is 3. The van der Waals surface area contributed by atoms with E-state index in [4.69, 9.17) is 19.4 Å². The zero-order valence-corrected chi connectivity index (χ0v) is 28.1. The second kappa shape index (κ2) is 13.5. The molecule has 3 N–H and O–H groups in total. The largest absolute Gasteiger partial charge is 0.479 e. The Labute approximate surface area is 282 Å². The Hall–Kier alpha value is -4.52. The van der Waals surface area contributed by atoms with Gasteiger partial charge in [-0.05, 0) is 70.0 Å². The highest BCUT2D eigenvalue weighted by Gasteiger charge is 2.61. The number of carbonyl (C=O) groups is 4. The van der Waals surface area contributed by atoms with Gasteiger partial charge in [-0.2, -0.15) is 11.3 Å². The summed E-state index contributed by atoms with van der Waals surface area (Å²) in [6, 6.07) is 7.36. The predicted molar refractivity (Wildman–Crippen MR) is 179 cm³/mol. The van der Waals surface area contributed by atoms with E-state index in [0.717, 1.165) is 24.8 Å². The average molecular weight is 676 g/mol. The number of carboxylic acid groups (broad SMARTS) is 1. The number of aromatic nitrogens is 2. The molecule has 3 aliphatic rings. The Balaban J connectivity index is 1.32. The van der Waals surface area contributed by atoms with Crippen molar-refractivity contribution in [1.29, 1.82) is 0 Å². The molecule has 0 radical (unpaired) electrons. The first kappa shape index (κ1) is 33.4. The van der Waals surface area contributed by atoms with Gasteiger partial charge in [-0.25, -0.2) is 19.6 Å². The number of thiophene rings is 1. The van der Waals surface area contributed by atoms with Crippen molar-refractivity contribution >= 4 is 46.2 Å². The van der Waals surface area contributed by atoms with Gasteiger partial charge in [-0.1, -0.05) is 37.1 Å². The summed E-state index contributed by atoms with van der Waals surface area (Å²) < 4.78 is 12.0. The maximum atomic E-state index is 14.3. The maximum Gasteiger partial charge on any atom is 0.408 e. The summed E-state index contributed by atoms with van der Waals surface area (Å²) in [5, 5.41) is 19.6. The van der Waals surface area contributed by atoms with Gasteiger partial charge in [-0.15, -0.1) is 0 Å². The number of allylic oxidation sites excluding steroid dienone is 1. The minimum Gasteiger partial charge on any atom is -0.479 e. The van der Waals surface area contributed by atoms with Crippen LogP contribution in [0.3, 0.4) is 0 Å². The monoisotopic (exact) mass is 675 g/mol. The molecule has 2 aromatic heterocycles. The standard InChI is InChI=1S/C35H41N5O7S/c1-34(2,3)47-33(45)38-26-14-8-6-4-5-7-11-22-18-35(22,32(43)44)39-29(41)27-17-23(19-40(27)31(26)42)46-30-28(21-15-16-48-20-21)36-24-12-9-10-13-25(24)37-30/h7,9-13,15-16,20,22-23,26-27H,4-6,8,14,17-19H2,1-3H3,(H,38,45)(H,39,41)(H,43,44)/b11-7-/t22-,23+,26-,27-,35+/m0/s1. The van der Waals surface area contributed by atoms with Crippen molar-refractivity contribution in [3.8, 4) is 17.1 Å². The number of para-hydroxylation sites is 2. The summed E-state index contributed by atoms with van der Waals surface area (Å²) in [5.41, 5.74) is 0.478. The molecule has 4 heterocycles. The molecule has 1 saturated heterocycles. The second-order valence-electron chi connectivity index (χ2n) is 13.7. The maximum absolute atomic E-state index is 14.3. The van der Waals surface area contributed by atoms with Gasteiger partial charge in [-0.3, -0.25) is 9.59 Å². The molecule has 1 aromatic carbocycles. The van der Waals surface area contributed by atoms with E-state index in [1.54, 1.807) is 20.8 Å². The van der Waals surface area contributed by atoms with Crippen LogP contribution in [0.15, 0.2) is 53.2 Å². The minimum atomic E-state index is -1.44. The fourth-order valence-corrected chi connectivity index (χ4v) is 7.05. The molecule has 6 rings (SSSR count). The third-order valence-electron chi connectivity index (χ3n) is 8.92. The van der Waals surface area contributed by atoms with Crippen LogP contribution in [0.25, 0.3) is 22.3 Å². The molecule has 0 bridgehead atoms. The Kier molecular flexibility index (Phi) is 9.41. The van der Waals surface area contributed by atoms with Gasteiger partial charge in [0.05, 0.1) is 17.6 Å². The Morgan fingerprint density at radius 1 is 1.10 bits per heavy atom. The Morgan fingerprint density at radius 2 is 1.88 bits per heavy atom. The first-order chi connectivity index (χ1) is 22.9. The lowest BCUT2D eigenvalue weighted by atomic mass is 10.0. The zero-order chi connectivity index (χ0) is 34.1. The van der Waals surface area contributed by atoms with E-state index in [1.165, 1.54) is 16.2 Å². The fourth-order valence-electron chi connectivity index (χ4n) is 6.41. The molecule has 0 unspecified atom stereocenters. The van der Waals surface area contributed by atoms with Crippen molar-refractivity contribution in [2.45, 2.75) is 95.0 Å². The molecular formula is C35H41N5O7S. The highest BCUT2D eigenvalue weighted by atomic mass is 32.1. The fraction of sp³-hybridized carbons (Fsp3) is 0.486. The molecule has 1 saturated carbocycles. The van der Waals surface area contributed by atoms with Crippen LogP contribution in [-0.4, -0.2) is 79.7 Å². The number of ether oxygens (including phenoxy) is 2. The molecule has 5 atom stereocenters. The Bertz CT molecular complexity index is 1720. The number of carbonyl (C=O) groups excluding carboxylic acids is 3. The van der Waals surface area contributed by atoms with Crippen LogP contribution in [-0.2, 0) is 19.1 Å². The third kappa shape index (κ3) is 7.30. The van der Waals surface area contributed by atoms with Crippen molar-refractivity contribution in [1.82, 2.24) is 25.5 Å². The first-order valence-corrected chi connectivity index (χ1v) is 17.4. The molecule has 3 amide bonds. The van der Waals surface area contributed by atoms with Crippen molar-refractivity contribution in [2.75, 3.05) is 6.54 Å². The minimum absolute atomic E-state index is 0.0183. The summed E-state index contributed by atoms with van der Waals surface area (Å²) in [6.45, 7) is 5.24. The van der Waals surface area contributed by atoms with Crippen LogP contribution >= 0.6 is 11.3 Å². The SMILES string of the molecule is CC(C)(C)OC(=O)N[C@H]1CCCCC/C=C\[C@H]2C[C@@]2(C(=O)O)NC(=O)[C@@H]2C[C@@H](Oc3nc4ccccc4nc3-c3ccsc3)CN2C1=O. The number of alkyl carbamates (subject to hydrolysis) is 1. The van der Waals surface area contributed by atoms with E-state index in [1.807, 2.05) is 53.2 Å². The topological polar surface area (TPSA) is 160 Å². The molecule has 2 fully saturated rings. The van der Waals surface area contributed by atoms with Gasteiger partial charge in [0.2, 0.25) is 17.7 Å². The highest BCUT2D eigenvalue weighted by molar-refractivity contribution is 7.08. The lowest BCUT2D eigenvalue weighted by Crippen LogP contribution is -2.56. The van der Waals surface area contributed by atoms with Crippen molar-refractivity contribution in [3.63, 3.8) is 0 Å². The van der Waals surface area contributed by atoms with Gasteiger partial charge in [0, 0.05) is 23.3 Å². The summed E-state index contributed by atoms with van der Waals surface area (Å²) in [6.07, 6.45) is 6.18. The van der Waals surface area contributed by atoms with E-state index < -0.39 is 53.2 Å². The molecule has 254 valence electrons. The summed E-state index contributed by atoms with van der Waals surface area (Å²) in [5.74, 6) is -2.23. The molecule has 13 heteroatoms. The lowest BCUT2D eigenvalue weighted by molar-refractivity contribution is -0.145. The predicted octanol–water partition coefficient (Wildman–Crippen LogP) is 5.08. The van der Waals surface area contributed by atoms with E-state index in [0.29, 0.717) is 29.6 Å². The van der Waals surface area contributed by atoms with E-state index in [-0.39, 0.29) is 31.2 Å². The molecule has 3 aromatic rings. The summed E-state index contributed by atoms with van der Waals surface area (Å²) >= 11 is 1.51. The van der Waals surface area contributed by atoms with Crippen molar-refractivity contribution in [2.24, 2.45) is 5.92 Å². The van der Waals surface area contributed by atoms with Crippen LogP contribution < -0.4 is 15.4 Å². The van der Waals surface area contributed by atoms with Gasteiger partial charge in [0.15, 0.2) is 0 Å². The van der Waals surface area contributed by atoms with Crippen LogP contribution in [0.4, 0.5) is 4.79 Å². The third-order valence-corrected chi connectivity index (χ3v) is 9.61. The zero-order valence-electron chi connectivity index (χ0n) is 27.3. The van der Waals surface area contributed by atoms with Gasteiger partial charge in [0.25, 0.3) is 0 Å². The number of amides is 3. The number of fused-ring (bicyclic) bond motifs is 3. The molecule has 0 spiro atoms. The quantitative estimate of drug-likeness (QED) is 0.314. The van der Waals surface area contributed by atoms with Gasteiger partial charge in [0.1, 0.15) is 35.0 Å². The van der Waals surface area contributed by atoms with Crippen molar-refractivity contribution < 1.29 is 33.8 Å². The normalized spacial score (nSPS) is 27.1. The number of rotatable bonds is 5. The first-order valence-electron chi connectivity index (χ1n) is 16.4. The number of aliphatic carboxylic acids is 1. The van der Waals surface area contributed by atoms with Crippen LogP contribution in [0, 0.1) is 5.92 Å². The van der Waals surface area contributed by atoms with Gasteiger partial charge < -0.3 is 30.1 Å². The average Bonchev–Trinajstić information content (AvgIpc) is 3.34. The molecular weight excluding hydrogens is 634 g/mol. The Morgan fingerprint density at radius 3 is 2.58 bits per heavy atom. The number of benzene rings is 1. The van der Waals surface area contributed by atoms with E-state index >= 15 is 0 Å². The molecule has 48 heavy (non-hydrogen) atoms. The van der Waals surface area contributed by atoms with E-state index in [9.17, 15) is 24.3 Å². The number of nitrogens with one attached hydrogen (secondary N) is 2. The van der Waals surface area contributed by atoms with Crippen LogP contribution in [0.2, 0.25) is 0 Å². The lowest BCUT2D eigenvalue weighted by Gasteiger charge is -2.30. The molecule has 12 nitrogen and oxygen atoms in total. The van der Waals surface area contributed by atoms with Crippen LogP contribution in [0.5, 0.6) is 5.88 Å². The number of nitrogens with zero attached hydrogens (tertiary/aromatic N) is 3. The number of hydrogen-bond acceptors (Lipinski definition) is 9. The summed E-state index contributed by atoms with van der Waals surface area (Å²) in [4.78, 5) is 64.6. The summed E-state index contributed by atoms with van der Waals surface area (Å²) in [7, 11) is 0. The van der Waals surface area contributed by atoms with Crippen molar-refractivity contribution in [3.05, 3.63) is 53.2 Å². The van der Waals surface area contributed by atoms with Crippen LogP contribution in [0.1, 0.15) is 65.7 Å². The van der Waals surface area contributed by atoms with Gasteiger partial charge >= 0.3 is 12.1 Å². The van der Waals surface area contributed by atoms with E-state index in [2.05, 4.69) is 10.6 Å².